The largest absolute Gasteiger partial charge is 0.345 e. The maximum absolute atomic E-state index is 13.1. The molecule has 3 rings (SSSR count). The molecule has 0 aliphatic heterocycles. The van der Waals surface area contributed by atoms with Crippen molar-refractivity contribution in [1.82, 2.24) is 9.47 Å². The second-order valence-electron chi connectivity index (χ2n) is 7.01. The lowest BCUT2D eigenvalue weighted by molar-refractivity contribution is 0.0628. The molecule has 0 aliphatic rings. The predicted octanol–water partition coefficient (Wildman–Crippen LogP) is 5.28. The van der Waals surface area contributed by atoms with Crippen LogP contribution in [0.15, 0.2) is 66.2 Å². The van der Waals surface area contributed by atoms with Crippen LogP contribution in [0.25, 0.3) is 0 Å². The number of nitrogens with zero attached hydrogens (tertiary/aromatic N) is 2. The average molecular weight is 367 g/mol. The Morgan fingerprint density at radius 1 is 1.04 bits per heavy atom. The van der Waals surface area contributed by atoms with Crippen LogP contribution in [-0.2, 0) is 13.1 Å². The number of amides is 1. The van der Waals surface area contributed by atoms with Gasteiger partial charge in [0.15, 0.2) is 0 Å². The predicted molar refractivity (Wildman–Crippen MR) is 108 cm³/mol. The van der Waals surface area contributed by atoms with Gasteiger partial charge >= 0.3 is 0 Å². The summed E-state index contributed by atoms with van der Waals surface area (Å²) in [7, 11) is 0. The first-order valence-electron chi connectivity index (χ1n) is 9.08. The molecular formula is C22H26N2OS. The van der Waals surface area contributed by atoms with Gasteiger partial charge in [-0.1, -0.05) is 50.2 Å². The third-order valence-corrected chi connectivity index (χ3v) is 5.76. The molecule has 1 unspecified atom stereocenters. The normalized spacial score (nSPS) is 12.3. The lowest BCUT2D eigenvalue weighted by Crippen LogP contribution is -2.41. The third kappa shape index (κ3) is 4.25. The molecule has 1 aromatic carbocycles. The molecule has 3 nitrogen and oxygen atoms in total. The minimum Gasteiger partial charge on any atom is -0.345 e. The number of hydrogen-bond donors (Lipinski definition) is 0. The molecule has 4 heteroatoms. The number of hydrogen-bond acceptors (Lipinski definition) is 2. The summed E-state index contributed by atoms with van der Waals surface area (Å²) in [6.07, 6.45) is 2.09. The minimum atomic E-state index is 0.119. The van der Waals surface area contributed by atoms with E-state index in [9.17, 15) is 4.79 Å². The molecule has 2 heterocycles. The second kappa shape index (κ2) is 8.37. The number of carbonyl (C=O) groups is 1. The maximum Gasteiger partial charge on any atom is 0.264 e. The van der Waals surface area contributed by atoms with E-state index in [1.165, 1.54) is 16.9 Å². The zero-order valence-corrected chi connectivity index (χ0v) is 16.4. The van der Waals surface area contributed by atoms with Gasteiger partial charge in [0.05, 0.1) is 11.4 Å². The van der Waals surface area contributed by atoms with Crippen molar-refractivity contribution in [2.45, 2.75) is 39.9 Å². The first-order chi connectivity index (χ1) is 12.6. The zero-order valence-electron chi connectivity index (χ0n) is 15.6. The standard InChI is InChI=1S/C22H26N2OS/c1-17(2)18(3)24(22(25)21-12-8-14-26-21)16-20-11-7-13-23(20)15-19-9-5-4-6-10-19/h4-14,17-18H,15-16H2,1-3H3. The Morgan fingerprint density at radius 3 is 2.46 bits per heavy atom. The van der Waals surface area contributed by atoms with E-state index in [2.05, 4.69) is 67.9 Å². The highest BCUT2D eigenvalue weighted by atomic mass is 32.1. The van der Waals surface area contributed by atoms with Crippen molar-refractivity contribution in [1.29, 1.82) is 0 Å². The SMILES string of the molecule is CC(C)C(C)N(Cc1cccn1Cc1ccccc1)C(=O)c1cccs1. The van der Waals surface area contributed by atoms with Crippen molar-refractivity contribution < 1.29 is 4.79 Å². The summed E-state index contributed by atoms with van der Waals surface area (Å²) in [6.45, 7) is 7.92. The van der Waals surface area contributed by atoms with E-state index >= 15 is 0 Å². The fourth-order valence-corrected chi connectivity index (χ4v) is 3.68. The molecule has 0 spiro atoms. The van der Waals surface area contributed by atoms with Crippen LogP contribution < -0.4 is 0 Å². The summed E-state index contributed by atoms with van der Waals surface area (Å²) in [5.41, 5.74) is 2.42. The van der Waals surface area contributed by atoms with E-state index in [0.717, 1.165) is 17.1 Å². The van der Waals surface area contributed by atoms with Gasteiger partial charge in [-0.25, -0.2) is 0 Å². The van der Waals surface area contributed by atoms with Crippen molar-refractivity contribution in [2.24, 2.45) is 5.92 Å². The molecule has 1 amide bonds. The molecule has 3 aromatic rings. The van der Waals surface area contributed by atoms with E-state index < -0.39 is 0 Å². The molecular weight excluding hydrogens is 340 g/mol. The van der Waals surface area contributed by atoms with Crippen molar-refractivity contribution in [2.75, 3.05) is 0 Å². The van der Waals surface area contributed by atoms with Crippen LogP contribution in [0.4, 0.5) is 0 Å². The molecule has 0 fully saturated rings. The molecule has 0 radical (unpaired) electrons. The number of benzene rings is 1. The van der Waals surface area contributed by atoms with Gasteiger partial charge in [-0.2, -0.15) is 0 Å². The van der Waals surface area contributed by atoms with Crippen molar-refractivity contribution in [3.05, 3.63) is 82.3 Å². The van der Waals surface area contributed by atoms with Crippen LogP contribution in [0.2, 0.25) is 0 Å². The van der Waals surface area contributed by atoms with E-state index in [4.69, 9.17) is 0 Å². The van der Waals surface area contributed by atoms with Crippen LogP contribution in [0, 0.1) is 5.92 Å². The second-order valence-corrected chi connectivity index (χ2v) is 7.96. The highest BCUT2D eigenvalue weighted by molar-refractivity contribution is 7.12. The van der Waals surface area contributed by atoms with Crippen LogP contribution in [0.5, 0.6) is 0 Å². The van der Waals surface area contributed by atoms with Gasteiger partial charge in [0.25, 0.3) is 5.91 Å². The lowest BCUT2D eigenvalue weighted by atomic mass is 10.0. The molecule has 0 bridgehead atoms. The quantitative estimate of drug-likeness (QED) is 0.558. The van der Waals surface area contributed by atoms with Crippen molar-refractivity contribution in [3.8, 4) is 0 Å². The molecule has 0 N–H and O–H groups in total. The van der Waals surface area contributed by atoms with E-state index in [-0.39, 0.29) is 11.9 Å². The van der Waals surface area contributed by atoms with Crippen LogP contribution in [0.1, 0.15) is 41.7 Å². The van der Waals surface area contributed by atoms with Gasteiger partial charge in [0.1, 0.15) is 0 Å². The van der Waals surface area contributed by atoms with Crippen molar-refractivity contribution in [3.63, 3.8) is 0 Å². The first-order valence-corrected chi connectivity index (χ1v) is 9.96. The summed E-state index contributed by atoms with van der Waals surface area (Å²) in [5, 5.41) is 1.96. The summed E-state index contributed by atoms with van der Waals surface area (Å²) >= 11 is 1.51. The Labute approximate surface area is 159 Å². The Hall–Kier alpha value is -2.33. The van der Waals surface area contributed by atoms with E-state index in [1.54, 1.807) is 0 Å². The van der Waals surface area contributed by atoms with Gasteiger partial charge in [0.2, 0.25) is 0 Å². The summed E-state index contributed by atoms with van der Waals surface area (Å²) in [4.78, 5) is 15.9. The fraction of sp³-hybridized carbons (Fsp3) is 0.318. The Bertz CT molecular complexity index is 821. The van der Waals surface area contributed by atoms with E-state index in [0.29, 0.717) is 12.5 Å². The molecule has 0 aliphatic carbocycles. The van der Waals surface area contributed by atoms with E-state index in [1.807, 2.05) is 28.5 Å². The van der Waals surface area contributed by atoms with Crippen LogP contribution in [-0.4, -0.2) is 21.4 Å². The van der Waals surface area contributed by atoms with Crippen LogP contribution in [0.3, 0.4) is 0 Å². The fourth-order valence-electron chi connectivity index (χ4n) is 3.00. The molecule has 0 saturated carbocycles. The summed E-state index contributed by atoms with van der Waals surface area (Å²) < 4.78 is 2.23. The summed E-state index contributed by atoms with van der Waals surface area (Å²) in [5.74, 6) is 0.519. The number of thiophene rings is 1. The van der Waals surface area contributed by atoms with Gasteiger partial charge in [-0.15, -0.1) is 11.3 Å². The van der Waals surface area contributed by atoms with Gasteiger partial charge < -0.3 is 9.47 Å². The van der Waals surface area contributed by atoms with Gasteiger partial charge in [0, 0.05) is 24.5 Å². The Balaban J connectivity index is 1.83. The van der Waals surface area contributed by atoms with Gasteiger partial charge in [-0.05, 0) is 42.0 Å². The monoisotopic (exact) mass is 366 g/mol. The molecule has 2 aromatic heterocycles. The van der Waals surface area contributed by atoms with Gasteiger partial charge in [-0.3, -0.25) is 4.79 Å². The molecule has 0 saturated heterocycles. The highest BCUT2D eigenvalue weighted by Crippen LogP contribution is 2.21. The topological polar surface area (TPSA) is 25.2 Å². The smallest absolute Gasteiger partial charge is 0.264 e. The van der Waals surface area contributed by atoms with Crippen molar-refractivity contribution >= 4 is 17.2 Å². The highest BCUT2D eigenvalue weighted by Gasteiger charge is 2.25. The molecule has 26 heavy (non-hydrogen) atoms. The van der Waals surface area contributed by atoms with Crippen LogP contribution >= 0.6 is 11.3 Å². The Kier molecular flexibility index (Phi) is 5.94. The average Bonchev–Trinajstić information content (AvgIpc) is 3.31. The minimum absolute atomic E-state index is 0.119. The third-order valence-electron chi connectivity index (χ3n) is 4.90. The maximum atomic E-state index is 13.1. The number of rotatable bonds is 7. The lowest BCUT2D eigenvalue weighted by Gasteiger charge is -2.32. The number of carbonyl (C=O) groups excluding carboxylic acids is 1. The zero-order chi connectivity index (χ0) is 18.5. The summed E-state index contributed by atoms with van der Waals surface area (Å²) in [6, 6.07) is 18.6. The molecule has 1 atom stereocenters. The molecule has 136 valence electrons. The Morgan fingerprint density at radius 2 is 1.81 bits per heavy atom. The first kappa shape index (κ1) is 18.5. The number of aromatic nitrogens is 1.